The summed E-state index contributed by atoms with van der Waals surface area (Å²) in [4.78, 5) is 26.0. The van der Waals surface area contributed by atoms with Crippen LogP contribution in [-0.4, -0.2) is 83.0 Å². The average molecular weight is 426 g/mol. The number of fused-ring (bicyclic) bond motifs is 1. The number of hydrogen-bond donors (Lipinski definition) is 3. The number of carbonyl (C=O) groups is 2. The first kappa shape index (κ1) is 21.8. The Kier molecular flexibility index (Phi) is 6.62. The maximum absolute atomic E-state index is 12.6. The van der Waals surface area contributed by atoms with Crippen molar-refractivity contribution in [2.45, 2.75) is 30.5 Å². The van der Waals surface area contributed by atoms with Gasteiger partial charge in [-0.2, -0.15) is 11.8 Å². The SMILES string of the molecule is COCC1CCCN1C(=O)CS[C@H]1Cc2ccc(OC)c(C(=O)O)c2O[B-]1(O)O. The molecule has 11 heteroatoms. The van der Waals surface area contributed by atoms with Gasteiger partial charge in [0.25, 0.3) is 0 Å². The molecule has 1 unspecified atom stereocenters. The molecule has 0 radical (unpaired) electrons. The molecule has 0 spiro atoms. The van der Waals surface area contributed by atoms with Crippen LogP contribution in [0.4, 0.5) is 0 Å². The molecule has 1 amide bonds. The second-order valence-corrected chi connectivity index (χ2v) is 8.43. The summed E-state index contributed by atoms with van der Waals surface area (Å²) in [5.74, 6) is -1.35. The van der Waals surface area contributed by atoms with Gasteiger partial charge in [0.1, 0.15) is 11.3 Å². The molecule has 1 fully saturated rings. The van der Waals surface area contributed by atoms with Crippen molar-refractivity contribution in [1.29, 1.82) is 0 Å². The van der Waals surface area contributed by atoms with Gasteiger partial charge in [-0.25, -0.2) is 4.79 Å². The van der Waals surface area contributed by atoms with Gasteiger partial charge in [0.2, 0.25) is 5.91 Å². The number of carbonyl (C=O) groups excluding carboxylic acids is 1. The summed E-state index contributed by atoms with van der Waals surface area (Å²) in [6, 6.07) is 3.18. The number of aromatic carboxylic acids is 1. The Morgan fingerprint density at radius 2 is 2.10 bits per heavy atom. The first-order valence-corrected chi connectivity index (χ1v) is 10.4. The van der Waals surface area contributed by atoms with Crippen molar-refractivity contribution < 1.29 is 38.9 Å². The van der Waals surface area contributed by atoms with E-state index in [0.717, 1.165) is 24.6 Å². The molecule has 9 nitrogen and oxygen atoms in total. The monoisotopic (exact) mass is 426 g/mol. The first-order valence-electron chi connectivity index (χ1n) is 9.40. The van der Waals surface area contributed by atoms with Crippen molar-refractivity contribution in [1.82, 2.24) is 4.90 Å². The number of likely N-dealkylation sites (tertiary alicyclic amines) is 1. The van der Waals surface area contributed by atoms with Gasteiger partial charge in [0.15, 0.2) is 0 Å². The van der Waals surface area contributed by atoms with E-state index in [1.165, 1.54) is 13.2 Å². The Balaban J connectivity index is 1.73. The van der Waals surface area contributed by atoms with Crippen LogP contribution in [0.25, 0.3) is 0 Å². The topological polar surface area (TPSA) is 126 Å². The predicted octanol–water partition coefficient (Wildman–Crippen LogP) is 0.530. The number of carboxylic acid groups (broad SMARTS) is 1. The van der Waals surface area contributed by atoms with Gasteiger partial charge in [-0.15, -0.1) is 0 Å². The van der Waals surface area contributed by atoms with Crippen LogP contribution in [0.15, 0.2) is 12.1 Å². The highest BCUT2D eigenvalue weighted by Gasteiger charge is 2.42. The zero-order valence-electron chi connectivity index (χ0n) is 16.4. The fourth-order valence-electron chi connectivity index (χ4n) is 3.87. The van der Waals surface area contributed by atoms with Gasteiger partial charge < -0.3 is 34.2 Å². The van der Waals surface area contributed by atoms with Crippen molar-refractivity contribution in [2.75, 3.05) is 33.1 Å². The van der Waals surface area contributed by atoms with Gasteiger partial charge in [0, 0.05) is 13.7 Å². The van der Waals surface area contributed by atoms with E-state index in [4.69, 9.17) is 14.1 Å². The average Bonchev–Trinajstić information content (AvgIpc) is 3.13. The Morgan fingerprint density at radius 1 is 1.34 bits per heavy atom. The standard InChI is InChI=1S/C18H25BNO8S/c1-26-9-12-4-3-7-20(12)15(21)10-29-14-8-11-5-6-13(27-2)16(18(22)23)17(11)28-19(14,24)25/h5-6,12,14,24-25H,3-4,7-10H2,1-2H3,(H,22,23)/q-1/t12?,14-/m0/s1. The zero-order valence-corrected chi connectivity index (χ0v) is 17.2. The highest BCUT2D eigenvalue weighted by atomic mass is 32.2. The van der Waals surface area contributed by atoms with Crippen molar-refractivity contribution in [2.24, 2.45) is 0 Å². The van der Waals surface area contributed by atoms with Crippen molar-refractivity contribution in [3.05, 3.63) is 23.3 Å². The van der Waals surface area contributed by atoms with E-state index in [1.807, 2.05) is 0 Å². The number of benzene rings is 1. The van der Waals surface area contributed by atoms with Gasteiger partial charge in [0.05, 0.1) is 31.3 Å². The van der Waals surface area contributed by atoms with Crippen molar-refractivity contribution >= 4 is 30.4 Å². The molecule has 2 heterocycles. The highest BCUT2D eigenvalue weighted by Crippen LogP contribution is 2.40. The van der Waals surface area contributed by atoms with Gasteiger partial charge in [-0.3, -0.25) is 4.79 Å². The summed E-state index contributed by atoms with van der Waals surface area (Å²) >= 11 is 1.10. The largest absolute Gasteiger partial charge is 0.669 e. The molecule has 160 valence electrons. The Bertz CT molecular complexity index is 789. The summed E-state index contributed by atoms with van der Waals surface area (Å²) < 4.78 is 15.5. The number of amides is 1. The van der Waals surface area contributed by atoms with Crippen LogP contribution in [0.1, 0.15) is 28.8 Å². The number of carboxylic acids is 1. The predicted molar refractivity (Wildman–Crippen MR) is 107 cm³/mol. The van der Waals surface area contributed by atoms with Crippen LogP contribution in [0.5, 0.6) is 11.5 Å². The summed E-state index contributed by atoms with van der Waals surface area (Å²) in [5.41, 5.74) is 0.269. The smallest absolute Gasteiger partial charge is 0.443 e. The molecule has 0 aromatic heterocycles. The van der Waals surface area contributed by atoms with Crippen molar-refractivity contribution in [3.8, 4) is 11.5 Å². The molecule has 0 bridgehead atoms. The van der Waals surface area contributed by atoms with Crippen LogP contribution < -0.4 is 9.39 Å². The Morgan fingerprint density at radius 3 is 2.76 bits per heavy atom. The summed E-state index contributed by atoms with van der Waals surface area (Å²) in [6.45, 7) is -2.23. The van der Waals surface area contributed by atoms with E-state index >= 15 is 0 Å². The minimum absolute atomic E-state index is 0.0422. The molecule has 0 aliphatic carbocycles. The van der Waals surface area contributed by atoms with Crippen molar-refractivity contribution in [3.63, 3.8) is 0 Å². The fraction of sp³-hybridized carbons (Fsp3) is 0.556. The summed E-state index contributed by atoms with van der Waals surface area (Å²) in [7, 11) is 2.92. The van der Waals surface area contributed by atoms with E-state index in [1.54, 1.807) is 18.1 Å². The van der Waals surface area contributed by atoms with Gasteiger partial charge >= 0.3 is 12.7 Å². The van der Waals surface area contributed by atoms with Crippen LogP contribution in [0, 0.1) is 0 Å². The number of thioether (sulfide) groups is 1. The van der Waals surface area contributed by atoms with E-state index < -0.39 is 17.9 Å². The molecule has 2 aliphatic heterocycles. The molecule has 3 N–H and O–H groups in total. The number of ether oxygens (including phenoxy) is 2. The van der Waals surface area contributed by atoms with Crippen LogP contribution >= 0.6 is 11.8 Å². The molecular formula is C18H25BNO8S-. The van der Waals surface area contributed by atoms with Crippen LogP contribution in [0.2, 0.25) is 0 Å². The molecule has 29 heavy (non-hydrogen) atoms. The fourth-order valence-corrected chi connectivity index (χ4v) is 5.00. The lowest BCUT2D eigenvalue weighted by Gasteiger charge is -2.43. The maximum atomic E-state index is 12.6. The first-order chi connectivity index (χ1) is 13.8. The highest BCUT2D eigenvalue weighted by molar-refractivity contribution is 8.02. The minimum atomic E-state index is -3.36. The molecule has 1 aromatic carbocycles. The summed E-state index contributed by atoms with van der Waals surface area (Å²) in [6.07, 6.45) is 1.96. The second kappa shape index (κ2) is 8.82. The normalized spacial score (nSPS) is 22.7. The van der Waals surface area contributed by atoms with Gasteiger partial charge in [-0.05, 0) is 36.0 Å². The second-order valence-electron chi connectivity index (χ2n) is 7.21. The lowest BCUT2D eigenvalue weighted by atomic mass is 9.69. The molecule has 2 aliphatic rings. The lowest BCUT2D eigenvalue weighted by Crippen LogP contribution is -2.56. The zero-order chi connectivity index (χ0) is 21.2. The van der Waals surface area contributed by atoms with E-state index in [9.17, 15) is 24.7 Å². The number of methoxy groups -OCH3 is 2. The molecule has 3 rings (SSSR count). The maximum Gasteiger partial charge on any atom is 0.443 e. The third-order valence-corrected chi connectivity index (χ3v) is 6.67. The third kappa shape index (κ3) is 4.47. The quantitative estimate of drug-likeness (QED) is 0.536. The number of hydrogen-bond acceptors (Lipinski definition) is 8. The van der Waals surface area contributed by atoms with Gasteiger partial charge in [-0.1, -0.05) is 6.07 Å². The van der Waals surface area contributed by atoms with E-state index in [0.29, 0.717) is 18.7 Å². The van der Waals surface area contributed by atoms with Crippen LogP contribution in [-0.2, 0) is 16.0 Å². The molecule has 1 aromatic rings. The molecule has 2 atom stereocenters. The Labute approximate surface area is 172 Å². The minimum Gasteiger partial charge on any atom is -0.669 e. The Hall–Kier alpha value is -1.95. The number of nitrogens with zero attached hydrogens (tertiary/aromatic N) is 1. The van der Waals surface area contributed by atoms with E-state index in [-0.39, 0.29) is 41.2 Å². The molecule has 1 saturated heterocycles. The van der Waals surface area contributed by atoms with E-state index in [2.05, 4.69) is 0 Å². The summed E-state index contributed by atoms with van der Waals surface area (Å²) in [5, 5.41) is 29.6. The third-order valence-electron chi connectivity index (χ3n) is 5.31. The van der Waals surface area contributed by atoms with Crippen LogP contribution in [0.3, 0.4) is 0 Å². The number of rotatable bonds is 7. The lowest BCUT2D eigenvalue weighted by molar-refractivity contribution is -0.130. The molecule has 0 saturated carbocycles. The molecular weight excluding hydrogens is 401 g/mol.